The average molecular weight is 551 g/mol. The third kappa shape index (κ3) is 6.08. The molecule has 0 radical (unpaired) electrons. The number of aromatic carboxylic acids is 1. The molecule has 41 heavy (non-hydrogen) atoms. The quantitative estimate of drug-likeness (QED) is 0.197. The van der Waals surface area contributed by atoms with E-state index in [2.05, 4.69) is 15.9 Å². The number of aryl methyl sites for hydroxylation is 1. The van der Waals surface area contributed by atoms with Crippen molar-refractivity contribution in [3.8, 4) is 17.1 Å². The number of benzene rings is 3. The average Bonchev–Trinajstić information content (AvgIpc) is 3.32. The number of aromatic nitrogens is 3. The van der Waals surface area contributed by atoms with E-state index in [4.69, 9.17) is 21.0 Å². The Morgan fingerprint density at radius 1 is 1.05 bits per heavy atom. The maximum atomic E-state index is 14.2. The van der Waals surface area contributed by atoms with Gasteiger partial charge in [0.2, 0.25) is 5.88 Å². The Morgan fingerprint density at radius 2 is 1.88 bits per heavy atom. The number of methoxy groups -OCH3 is 1. The Kier molecular flexibility index (Phi) is 8.04. The predicted molar refractivity (Wildman–Crippen MR) is 153 cm³/mol. The highest BCUT2D eigenvalue weighted by atomic mass is 19.1. The number of halogens is 1. The minimum absolute atomic E-state index is 0.00341. The van der Waals surface area contributed by atoms with Gasteiger partial charge in [-0.3, -0.25) is 0 Å². The molecule has 206 valence electrons. The molecule has 0 saturated carbocycles. The molecule has 3 aromatic carbocycles. The van der Waals surface area contributed by atoms with Crippen molar-refractivity contribution in [3.05, 3.63) is 118 Å². The first-order valence-corrected chi connectivity index (χ1v) is 12.9. The van der Waals surface area contributed by atoms with Crippen LogP contribution in [0.15, 0.2) is 72.8 Å². The first-order valence-electron chi connectivity index (χ1n) is 12.9. The number of imidazole rings is 1. The van der Waals surface area contributed by atoms with Crippen molar-refractivity contribution in [2.75, 3.05) is 13.7 Å². The topological polar surface area (TPSA) is 90.8 Å². The van der Waals surface area contributed by atoms with Crippen LogP contribution in [-0.2, 0) is 24.3 Å². The summed E-state index contributed by atoms with van der Waals surface area (Å²) in [4.78, 5) is 24.2. The summed E-state index contributed by atoms with van der Waals surface area (Å²) in [6.07, 6.45) is 0.557. The highest BCUT2D eigenvalue weighted by Crippen LogP contribution is 2.26. The van der Waals surface area contributed by atoms with Gasteiger partial charge in [-0.05, 0) is 54.4 Å². The van der Waals surface area contributed by atoms with Crippen LogP contribution in [0.5, 0.6) is 5.88 Å². The zero-order chi connectivity index (χ0) is 28.9. The molecule has 0 spiro atoms. The lowest BCUT2D eigenvalue weighted by Gasteiger charge is -2.12. The number of carboxylic acid groups (broad SMARTS) is 1. The number of hydrogen-bond donors (Lipinski definition) is 1. The number of carbonyl (C=O) groups is 1. The second-order valence-corrected chi connectivity index (χ2v) is 9.54. The van der Waals surface area contributed by atoms with E-state index in [1.165, 1.54) is 6.07 Å². The number of carboxylic acids is 1. The number of rotatable bonds is 10. The molecule has 2 heterocycles. The second-order valence-electron chi connectivity index (χ2n) is 9.54. The number of nitrogens with zero attached hydrogens (tertiary/aromatic N) is 4. The normalized spacial score (nSPS) is 11.0. The van der Waals surface area contributed by atoms with E-state index in [-0.39, 0.29) is 17.9 Å². The van der Waals surface area contributed by atoms with Crippen LogP contribution in [0.4, 0.5) is 10.1 Å². The highest BCUT2D eigenvalue weighted by molar-refractivity contribution is 5.92. The lowest BCUT2D eigenvalue weighted by Crippen LogP contribution is -2.09. The van der Waals surface area contributed by atoms with Gasteiger partial charge in [0.15, 0.2) is 5.69 Å². The van der Waals surface area contributed by atoms with E-state index < -0.39 is 11.8 Å². The Bertz CT molecular complexity index is 1790. The molecule has 0 aliphatic heterocycles. The molecule has 0 atom stereocenters. The maximum Gasteiger partial charge on any atom is 0.335 e. The Hall–Kier alpha value is -5.07. The minimum Gasteiger partial charge on any atom is -0.478 e. The van der Waals surface area contributed by atoms with Crippen LogP contribution in [0, 0.1) is 19.3 Å². The van der Waals surface area contributed by atoms with Gasteiger partial charge in [0.05, 0.1) is 35.5 Å². The van der Waals surface area contributed by atoms with Crippen LogP contribution in [0.25, 0.3) is 27.1 Å². The molecule has 9 heteroatoms. The minimum atomic E-state index is -0.982. The number of ether oxygens (including phenoxy) is 2. The van der Waals surface area contributed by atoms with Gasteiger partial charge in [-0.2, -0.15) is 0 Å². The van der Waals surface area contributed by atoms with Gasteiger partial charge in [-0.15, -0.1) is 0 Å². The zero-order valence-electron chi connectivity index (χ0n) is 22.6. The molecule has 0 amide bonds. The van der Waals surface area contributed by atoms with E-state index in [1.807, 2.05) is 35.8 Å². The maximum absolute atomic E-state index is 14.2. The van der Waals surface area contributed by atoms with Gasteiger partial charge in [0.25, 0.3) is 0 Å². The fourth-order valence-electron chi connectivity index (χ4n) is 4.63. The predicted octanol–water partition coefficient (Wildman–Crippen LogP) is 6.61. The molecule has 0 unspecified atom stereocenters. The molecule has 0 fully saturated rings. The third-order valence-electron chi connectivity index (χ3n) is 6.85. The summed E-state index contributed by atoms with van der Waals surface area (Å²) in [5.41, 5.74) is 6.04. The van der Waals surface area contributed by atoms with Crippen LogP contribution >= 0.6 is 0 Å². The van der Waals surface area contributed by atoms with Crippen molar-refractivity contribution in [2.24, 2.45) is 0 Å². The first-order chi connectivity index (χ1) is 19.9. The van der Waals surface area contributed by atoms with E-state index in [0.29, 0.717) is 31.0 Å². The summed E-state index contributed by atoms with van der Waals surface area (Å²) in [6.45, 7) is 10.0. The van der Waals surface area contributed by atoms with E-state index >= 15 is 0 Å². The van der Waals surface area contributed by atoms with Crippen LogP contribution in [0.3, 0.4) is 0 Å². The van der Waals surface area contributed by atoms with Gasteiger partial charge in [-0.1, -0.05) is 30.3 Å². The van der Waals surface area contributed by atoms with Gasteiger partial charge in [-0.25, -0.2) is 24.0 Å². The molecule has 8 nitrogen and oxygen atoms in total. The van der Waals surface area contributed by atoms with Gasteiger partial charge >= 0.3 is 5.97 Å². The smallest absolute Gasteiger partial charge is 0.335 e. The lowest BCUT2D eigenvalue weighted by atomic mass is 10.0. The molecule has 5 rings (SSSR count). The number of pyridine rings is 1. The summed E-state index contributed by atoms with van der Waals surface area (Å²) < 4.78 is 27.3. The van der Waals surface area contributed by atoms with Crippen molar-refractivity contribution < 1.29 is 23.8 Å². The first kappa shape index (κ1) is 27.5. The number of hydrogen-bond acceptors (Lipinski definition) is 5. The molecular formula is C32H27FN4O4. The molecule has 0 saturated heterocycles. The monoisotopic (exact) mass is 550 g/mol. The Balaban J connectivity index is 1.36. The fourth-order valence-corrected chi connectivity index (χ4v) is 4.63. The zero-order valence-corrected chi connectivity index (χ0v) is 22.6. The van der Waals surface area contributed by atoms with Crippen molar-refractivity contribution in [1.82, 2.24) is 14.5 Å². The summed E-state index contributed by atoms with van der Waals surface area (Å²) >= 11 is 0. The summed E-state index contributed by atoms with van der Waals surface area (Å²) in [5.74, 6) is -0.282. The molecule has 0 aliphatic carbocycles. The Labute approximate surface area is 236 Å². The van der Waals surface area contributed by atoms with E-state index in [9.17, 15) is 14.3 Å². The van der Waals surface area contributed by atoms with Gasteiger partial charge < -0.3 is 19.1 Å². The standard InChI is InChI=1S/C32H27FN4O4/c1-20-15-22(27-5-4-6-31(36-27)41-19-24-9-11-25(34-2)18-26(24)33)8-7-21(20)17-30-35-28-12-10-23(32(38)39)16-29(28)37(30)13-14-40-3/h4-12,15-16,18H,13-14,17,19H2,1,3H3,(H,38,39). The second kappa shape index (κ2) is 12.0. The van der Waals surface area contributed by atoms with Crippen LogP contribution in [0.2, 0.25) is 0 Å². The summed E-state index contributed by atoms with van der Waals surface area (Å²) in [6, 6.07) is 20.8. The molecule has 2 aromatic heterocycles. The Morgan fingerprint density at radius 3 is 2.61 bits per heavy atom. The van der Waals surface area contributed by atoms with E-state index in [0.717, 1.165) is 39.2 Å². The molecular weight excluding hydrogens is 523 g/mol. The van der Waals surface area contributed by atoms with Crippen LogP contribution < -0.4 is 4.74 Å². The molecule has 0 bridgehead atoms. The van der Waals surface area contributed by atoms with Crippen molar-refractivity contribution in [3.63, 3.8) is 0 Å². The van der Waals surface area contributed by atoms with Gasteiger partial charge in [0, 0.05) is 37.3 Å². The van der Waals surface area contributed by atoms with E-state index in [1.54, 1.807) is 43.5 Å². The summed E-state index contributed by atoms with van der Waals surface area (Å²) in [5, 5.41) is 9.45. The summed E-state index contributed by atoms with van der Waals surface area (Å²) in [7, 11) is 1.63. The molecule has 1 N–H and O–H groups in total. The third-order valence-corrected chi connectivity index (χ3v) is 6.85. The van der Waals surface area contributed by atoms with Crippen molar-refractivity contribution in [2.45, 2.75) is 26.5 Å². The van der Waals surface area contributed by atoms with Gasteiger partial charge in [0.1, 0.15) is 18.2 Å². The van der Waals surface area contributed by atoms with Crippen LogP contribution in [-0.4, -0.2) is 39.3 Å². The fraction of sp³-hybridized carbons (Fsp3) is 0.188. The number of fused-ring (bicyclic) bond motifs is 1. The highest BCUT2D eigenvalue weighted by Gasteiger charge is 2.15. The molecule has 0 aliphatic rings. The lowest BCUT2D eigenvalue weighted by molar-refractivity contribution is 0.0697. The van der Waals surface area contributed by atoms with Crippen molar-refractivity contribution >= 4 is 22.7 Å². The largest absolute Gasteiger partial charge is 0.478 e. The van der Waals surface area contributed by atoms with Crippen LogP contribution in [0.1, 0.15) is 32.9 Å². The SMILES string of the molecule is [C-]#[N+]c1ccc(COc2cccc(-c3ccc(Cc4nc5ccc(C(=O)O)cc5n4CCOC)c(C)c3)n2)c(F)c1. The van der Waals surface area contributed by atoms with Crippen molar-refractivity contribution in [1.29, 1.82) is 0 Å². The molecule has 5 aromatic rings.